The zero-order valence-corrected chi connectivity index (χ0v) is 21.7. The molecule has 5 rings (SSSR count). The summed E-state index contributed by atoms with van der Waals surface area (Å²) in [4.78, 5) is 34.5. The number of alkyl halides is 3. The van der Waals surface area contributed by atoms with Crippen molar-refractivity contribution < 1.29 is 22.8 Å². The summed E-state index contributed by atoms with van der Waals surface area (Å²) in [5.74, 6) is 0.339. The van der Waals surface area contributed by atoms with E-state index in [0.717, 1.165) is 22.7 Å². The topological polar surface area (TPSA) is 115 Å². The molecule has 208 valence electrons. The Bertz CT molecular complexity index is 1590. The van der Waals surface area contributed by atoms with Gasteiger partial charge in [0.05, 0.1) is 29.8 Å². The molecular weight excluding hydrogens is 535 g/mol. The van der Waals surface area contributed by atoms with Crippen LogP contribution >= 0.6 is 0 Å². The number of aldehydes is 1. The van der Waals surface area contributed by atoms with E-state index in [1.54, 1.807) is 61.9 Å². The molecule has 0 saturated carbocycles. The van der Waals surface area contributed by atoms with Crippen LogP contribution in [0.4, 0.5) is 19.0 Å². The highest BCUT2D eigenvalue weighted by Gasteiger charge is 2.36. The Kier molecular flexibility index (Phi) is 9.15. The number of hydrogen-bond donors (Lipinski definition) is 2. The fraction of sp³-hybridized carbons (Fsp3) is 0.103. The average molecular weight is 560 g/mol. The summed E-state index contributed by atoms with van der Waals surface area (Å²) in [6.07, 6.45) is 2.21. The number of amides is 1. The van der Waals surface area contributed by atoms with Crippen molar-refractivity contribution in [2.75, 3.05) is 12.4 Å². The van der Waals surface area contributed by atoms with Crippen LogP contribution in [0.5, 0.6) is 0 Å². The molecule has 0 saturated heterocycles. The maximum absolute atomic E-state index is 13.3. The molecule has 1 aromatic carbocycles. The molecule has 0 aliphatic heterocycles. The first kappa shape index (κ1) is 28.6. The summed E-state index contributed by atoms with van der Waals surface area (Å²) in [6.45, 7) is 0.366. The second kappa shape index (κ2) is 13.1. The molecule has 4 aromatic heterocycles. The molecule has 41 heavy (non-hydrogen) atoms. The van der Waals surface area contributed by atoms with Crippen molar-refractivity contribution in [2.24, 2.45) is 0 Å². The van der Waals surface area contributed by atoms with Crippen LogP contribution < -0.4 is 10.6 Å². The van der Waals surface area contributed by atoms with Gasteiger partial charge in [0.15, 0.2) is 0 Å². The Morgan fingerprint density at radius 2 is 1.80 bits per heavy atom. The van der Waals surface area contributed by atoms with E-state index in [1.165, 1.54) is 18.5 Å². The van der Waals surface area contributed by atoms with Gasteiger partial charge in [0.25, 0.3) is 5.91 Å². The lowest BCUT2D eigenvalue weighted by Gasteiger charge is -2.10. The molecule has 0 aliphatic rings. The maximum Gasteiger partial charge on any atom is 0.433 e. The van der Waals surface area contributed by atoms with E-state index < -0.39 is 11.9 Å². The Morgan fingerprint density at radius 1 is 0.951 bits per heavy atom. The summed E-state index contributed by atoms with van der Waals surface area (Å²) in [7, 11) is 1.68. The first-order valence-corrected chi connectivity index (χ1v) is 12.2. The molecule has 0 unspecified atom stereocenters. The highest BCUT2D eigenvalue weighted by Crippen LogP contribution is 2.33. The van der Waals surface area contributed by atoms with E-state index in [-0.39, 0.29) is 17.3 Å². The van der Waals surface area contributed by atoms with Crippen LogP contribution in [-0.4, -0.2) is 44.0 Å². The van der Waals surface area contributed by atoms with Gasteiger partial charge in [-0.3, -0.25) is 19.6 Å². The predicted octanol–water partition coefficient (Wildman–Crippen LogP) is 5.21. The van der Waals surface area contributed by atoms with Gasteiger partial charge in [-0.15, -0.1) is 0 Å². The Hall–Kier alpha value is -5.39. The minimum atomic E-state index is -4.53. The number of carbonyl (C=O) groups is 2. The van der Waals surface area contributed by atoms with Crippen molar-refractivity contribution in [3.05, 3.63) is 120 Å². The minimum Gasteiger partial charge on any atom is -0.373 e. The van der Waals surface area contributed by atoms with Crippen LogP contribution in [0, 0.1) is 0 Å². The van der Waals surface area contributed by atoms with Crippen LogP contribution in [0.3, 0.4) is 0 Å². The lowest BCUT2D eigenvalue weighted by Crippen LogP contribution is -2.23. The monoisotopic (exact) mass is 559 g/mol. The van der Waals surface area contributed by atoms with Gasteiger partial charge in [-0.25, -0.2) is 9.67 Å². The fourth-order valence-electron chi connectivity index (χ4n) is 3.62. The highest BCUT2D eigenvalue weighted by atomic mass is 19.4. The van der Waals surface area contributed by atoms with Gasteiger partial charge in [0, 0.05) is 42.3 Å². The standard InChI is InChI=1S/C15H12F3N5.C14H12N2O2/c1-19-14-5-4-11(9-21-14)23-13(15(16,17)18)7-12(22-23)10-3-2-6-20-8-10;17-10-11-4-3-5-12(8-11)14(18)16-9-13-6-1-2-7-15-13/h2-9H,1H3,(H,19,21);1-8,10H,9H2,(H,16,18). The van der Waals surface area contributed by atoms with E-state index in [2.05, 4.69) is 30.7 Å². The molecule has 0 aliphatic carbocycles. The number of benzene rings is 1. The lowest BCUT2D eigenvalue weighted by molar-refractivity contribution is -0.142. The van der Waals surface area contributed by atoms with Gasteiger partial charge in [0.1, 0.15) is 17.8 Å². The number of nitrogens with zero attached hydrogens (tertiary/aromatic N) is 5. The van der Waals surface area contributed by atoms with E-state index in [4.69, 9.17) is 0 Å². The van der Waals surface area contributed by atoms with Gasteiger partial charge in [-0.1, -0.05) is 18.2 Å². The van der Waals surface area contributed by atoms with Gasteiger partial charge in [-0.2, -0.15) is 18.3 Å². The molecule has 0 atom stereocenters. The number of nitrogens with one attached hydrogen (secondary N) is 2. The maximum atomic E-state index is 13.3. The van der Waals surface area contributed by atoms with Gasteiger partial charge in [-0.05, 0) is 54.6 Å². The van der Waals surface area contributed by atoms with Crippen molar-refractivity contribution in [3.8, 4) is 16.9 Å². The van der Waals surface area contributed by atoms with E-state index in [9.17, 15) is 22.8 Å². The molecule has 2 N–H and O–H groups in total. The predicted molar refractivity (Wildman–Crippen MR) is 146 cm³/mol. The number of pyridine rings is 3. The number of carbonyl (C=O) groups excluding carboxylic acids is 2. The molecule has 0 radical (unpaired) electrons. The van der Waals surface area contributed by atoms with E-state index in [1.807, 2.05) is 18.2 Å². The smallest absolute Gasteiger partial charge is 0.373 e. The third kappa shape index (κ3) is 7.60. The second-order valence-electron chi connectivity index (χ2n) is 8.46. The lowest BCUT2D eigenvalue weighted by atomic mass is 10.1. The molecule has 4 heterocycles. The highest BCUT2D eigenvalue weighted by molar-refractivity contribution is 5.95. The summed E-state index contributed by atoms with van der Waals surface area (Å²) < 4.78 is 40.7. The fourth-order valence-corrected chi connectivity index (χ4v) is 3.62. The Labute approximate surface area is 233 Å². The summed E-state index contributed by atoms with van der Waals surface area (Å²) in [5.41, 5.74) is 1.81. The van der Waals surface area contributed by atoms with Crippen molar-refractivity contribution in [3.63, 3.8) is 0 Å². The Balaban J connectivity index is 0.000000195. The molecule has 9 nitrogen and oxygen atoms in total. The van der Waals surface area contributed by atoms with Crippen LogP contribution in [0.15, 0.2) is 97.6 Å². The van der Waals surface area contributed by atoms with Crippen molar-refractivity contribution >= 4 is 18.0 Å². The molecular formula is C29H24F3N7O2. The largest absolute Gasteiger partial charge is 0.433 e. The van der Waals surface area contributed by atoms with Crippen LogP contribution in [0.1, 0.15) is 32.1 Å². The second-order valence-corrected chi connectivity index (χ2v) is 8.46. The Morgan fingerprint density at radius 3 is 2.44 bits per heavy atom. The average Bonchev–Trinajstić information content (AvgIpc) is 3.48. The third-order valence-corrected chi connectivity index (χ3v) is 5.65. The van der Waals surface area contributed by atoms with Gasteiger partial charge >= 0.3 is 6.18 Å². The third-order valence-electron chi connectivity index (χ3n) is 5.65. The molecule has 12 heteroatoms. The molecule has 5 aromatic rings. The number of hydrogen-bond acceptors (Lipinski definition) is 7. The first-order chi connectivity index (χ1) is 19.8. The van der Waals surface area contributed by atoms with Crippen molar-refractivity contribution in [2.45, 2.75) is 12.7 Å². The summed E-state index contributed by atoms with van der Waals surface area (Å²) >= 11 is 0. The molecule has 0 fully saturated rings. The SMILES string of the molecule is CNc1ccc(-n2nc(-c3cccnc3)cc2C(F)(F)F)cn1.O=Cc1cccc(C(=O)NCc2ccccn2)c1. The van der Waals surface area contributed by atoms with Crippen molar-refractivity contribution in [1.82, 2.24) is 30.0 Å². The zero-order chi connectivity index (χ0) is 29.2. The summed E-state index contributed by atoms with van der Waals surface area (Å²) in [6, 6.07) is 19.5. The van der Waals surface area contributed by atoms with E-state index in [0.29, 0.717) is 29.1 Å². The minimum absolute atomic E-state index is 0.197. The summed E-state index contributed by atoms with van der Waals surface area (Å²) in [5, 5.41) is 9.63. The van der Waals surface area contributed by atoms with Crippen LogP contribution in [-0.2, 0) is 12.7 Å². The number of halogens is 3. The van der Waals surface area contributed by atoms with Crippen LogP contribution in [0.2, 0.25) is 0 Å². The molecule has 1 amide bonds. The zero-order valence-electron chi connectivity index (χ0n) is 21.7. The van der Waals surface area contributed by atoms with E-state index >= 15 is 0 Å². The number of rotatable bonds is 7. The molecule has 0 spiro atoms. The van der Waals surface area contributed by atoms with Gasteiger partial charge in [0.2, 0.25) is 0 Å². The number of aromatic nitrogens is 5. The normalized spacial score (nSPS) is 10.7. The quantitative estimate of drug-likeness (QED) is 0.263. The van der Waals surface area contributed by atoms with Crippen molar-refractivity contribution in [1.29, 1.82) is 0 Å². The van der Waals surface area contributed by atoms with Crippen LogP contribution in [0.25, 0.3) is 16.9 Å². The number of anilines is 1. The molecule has 0 bridgehead atoms. The van der Waals surface area contributed by atoms with Gasteiger partial charge < -0.3 is 10.6 Å². The first-order valence-electron chi connectivity index (χ1n) is 12.2.